The molecular weight excluding hydrogens is 202 g/mol. The monoisotopic (exact) mass is 219 g/mol. The zero-order valence-electron chi connectivity index (χ0n) is 9.53. The number of carboxylic acid groups (broad SMARTS) is 1. The SMILES string of the molecule is C[NH+]1CCC(C(=O)[O-])(c2ccccc2)CC1. The Bertz CT molecular complexity index is 367. The van der Waals surface area contributed by atoms with Crippen molar-refractivity contribution in [1.29, 1.82) is 0 Å². The Balaban J connectivity index is 2.34. The molecule has 1 aromatic carbocycles. The standard InChI is InChI=1S/C13H17NO2/c1-14-9-7-13(8-10-14,12(15)16)11-5-3-2-4-6-11/h2-6H,7-10H2,1H3,(H,15,16). The third kappa shape index (κ3) is 1.83. The fraction of sp³-hybridized carbons (Fsp3) is 0.462. The van der Waals surface area contributed by atoms with Crippen molar-refractivity contribution < 1.29 is 14.8 Å². The van der Waals surface area contributed by atoms with E-state index < -0.39 is 11.4 Å². The predicted molar refractivity (Wildman–Crippen MR) is 59.0 cm³/mol. The van der Waals surface area contributed by atoms with Gasteiger partial charge in [0.1, 0.15) is 0 Å². The number of benzene rings is 1. The maximum Gasteiger partial charge on any atom is 0.0781 e. The molecule has 0 bridgehead atoms. The van der Waals surface area contributed by atoms with Crippen molar-refractivity contribution in [1.82, 2.24) is 0 Å². The molecule has 0 saturated carbocycles. The van der Waals surface area contributed by atoms with Gasteiger partial charge >= 0.3 is 0 Å². The highest BCUT2D eigenvalue weighted by molar-refractivity contribution is 5.79. The first-order valence-electron chi connectivity index (χ1n) is 5.73. The van der Waals surface area contributed by atoms with Crippen LogP contribution in [0, 0.1) is 0 Å². The molecule has 0 amide bonds. The van der Waals surface area contributed by atoms with E-state index in [-0.39, 0.29) is 0 Å². The number of quaternary nitrogens is 1. The van der Waals surface area contributed by atoms with Crippen LogP contribution in [-0.4, -0.2) is 26.1 Å². The quantitative estimate of drug-likeness (QED) is 0.692. The molecule has 16 heavy (non-hydrogen) atoms. The normalized spacial score (nSPS) is 29.9. The van der Waals surface area contributed by atoms with Crippen LogP contribution in [0.1, 0.15) is 18.4 Å². The molecular formula is C13H17NO2. The molecule has 1 saturated heterocycles. The molecule has 3 nitrogen and oxygen atoms in total. The average molecular weight is 219 g/mol. The molecule has 86 valence electrons. The number of likely N-dealkylation sites (tertiary alicyclic amines) is 1. The van der Waals surface area contributed by atoms with Crippen LogP contribution in [0.25, 0.3) is 0 Å². The Morgan fingerprint density at radius 3 is 2.31 bits per heavy atom. The minimum Gasteiger partial charge on any atom is -0.549 e. The third-order valence-corrected chi connectivity index (χ3v) is 3.67. The molecule has 1 heterocycles. The molecule has 1 aliphatic rings. The van der Waals surface area contributed by atoms with E-state index in [0.717, 1.165) is 18.7 Å². The molecule has 0 radical (unpaired) electrons. The second kappa shape index (κ2) is 4.26. The van der Waals surface area contributed by atoms with E-state index in [4.69, 9.17) is 0 Å². The Morgan fingerprint density at radius 2 is 1.81 bits per heavy atom. The highest BCUT2D eigenvalue weighted by Gasteiger charge is 2.38. The highest BCUT2D eigenvalue weighted by Crippen LogP contribution is 2.31. The van der Waals surface area contributed by atoms with Crippen molar-refractivity contribution in [3.8, 4) is 0 Å². The predicted octanol–water partition coefficient (Wildman–Crippen LogP) is -1.02. The average Bonchev–Trinajstić information content (AvgIpc) is 2.31. The molecule has 0 atom stereocenters. The number of rotatable bonds is 2. The summed E-state index contributed by atoms with van der Waals surface area (Å²) in [5, 5.41) is 11.5. The summed E-state index contributed by atoms with van der Waals surface area (Å²) < 4.78 is 0. The van der Waals surface area contributed by atoms with Gasteiger partial charge in [0.25, 0.3) is 0 Å². The third-order valence-electron chi connectivity index (χ3n) is 3.67. The van der Waals surface area contributed by atoms with Gasteiger partial charge in [0.05, 0.1) is 26.1 Å². The van der Waals surface area contributed by atoms with Crippen LogP contribution in [-0.2, 0) is 10.2 Å². The second-order valence-corrected chi connectivity index (χ2v) is 4.69. The summed E-state index contributed by atoms with van der Waals surface area (Å²) in [4.78, 5) is 12.9. The van der Waals surface area contributed by atoms with E-state index in [1.165, 1.54) is 4.90 Å². The maximum absolute atomic E-state index is 11.5. The lowest BCUT2D eigenvalue weighted by Crippen LogP contribution is -3.10. The van der Waals surface area contributed by atoms with Gasteiger partial charge in [0, 0.05) is 18.3 Å². The largest absolute Gasteiger partial charge is 0.549 e. The first-order valence-corrected chi connectivity index (χ1v) is 5.73. The molecule has 0 aromatic heterocycles. The molecule has 0 aliphatic carbocycles. The summed E-state index contributed by atoms with van der Waals surface area (Å²) in [6.45, 7) is 1.78. The van der Waals surface area contributed by atoms with Gasteiger partial charge in [-0.3, -0.25) is 0 Å². The molecule has 3 heteroatoms. The maximum atomic E-state index is 11.5. The van der Waals surface area contributed by atoms with Crippen molar-refractivity contribution in [3.63, 3.8) is 0 Å². The van der Waals surface area contributed by atoms with Gasteiger partial charge in [-0.15, -0.1) is 0 Å². The van der Waals surface area contributed by atoms with Gasteiger partial charge in [-0.25, -0.2) is 0 Å². The summed E-state index contributed by atoms with van der Waals surface area (Å²) in [5.41, 5.74) is 0.128. The molecule has 0 spiro atoms. The van der Waals surface area contributed by atoms with Crippen LogP contribution in [0.15, 0.2) is 30.3 Å². The van der Waals surface area contributed by atoms with Crippen molar-refractivity contribution in [2.75, 3.05) is 20.1 Å². The smallest absolute Gasteiger partial charge is 0.0781 e. The van der Waals surface area contributed by atoms with Crippen LogP contribution in [0.3, 0.4) is 0 Å². The summed E-state index contributed by atoms with van der Waals surface area (Å²) >= 11 is 0. The zero-order valence-corrected chi connectivity index (χ0v) is 9.53. The number of carboxylic acids is 1. The lowest BCUT2D eigenvalue weighted by molar-refractivity contribution is -0.886. The lowest BCUT2D eigenvalue weighted by atomic mass is 9.73. The molecule has 0 unspecified atom stereocenters. The van der Waals surface area contributed by atoms with E-state index in [1.54, 1.807) is 0 Å². The molecule has 1 aliphatic heterocycles. The van der Waals surface area contributed by atoms with Crippen molar-refractivity contribution in [2.24, 2.45) is 0 Å². The van der Waals surface area contributed by atoms with Crippen molar-refractivity contribution >= 4 is 5.97 Å². The minimum absolute atomic E-state index is 0.672. The lowest BCUT2D eigenvalue weighted by Gasteiger charge is -2.40. The number of hydrogen-bond acceptors (Lipinski definition) is 2. The number of nitrogens with one attached hydrogen (secondary N) is 1. The summed E-state index contributed by atoms with van der Waals surface area (Å²) in [5.74, 6) is -0.925. The molecule has 1 aromatic rings. The van der Waals surface area contributed by atoms with Crippen molar-refractivity contribution in [3.05, 3.63) is 35.9 Å². The minimum atomic E-state index is -0.925. The molecule has 1 fully saturated rings. The Morgan fingerprint density at radius 1 is 1.25 bits per heavy atom. The van der Waals surface area contributed by atoms with Gasteiger partial charge in [0.15, 0.2) is 0 Å². The van der Waals surface area contributed by atoms with E-state index in [1.807, 2.05) is 30.3 Å². The number of carbonyl (C=O) groups excluding carboxylic acids is 1. The van der Waals surface area contributed by atoms with Gasteiger partial charge in [-0.05, 0) is 5.56 Å². The molecule has 2 rings (SSSR count). The Labute approximate surface area is 95.7 Å². The summed E-state index contributed by atoms with van der Waals surface area (Å²) in [6.07, 6.45) is 1.34. The Hall–Kier alpha value is -1.35. The fourth-order valence-electron chi connectivity index (χ4n) is 2.47. The Kier molecular flexibility index (Phi) is 2.97. The second-order valence-electron chi connectivity index (χ2n) is 4.69. The topological polar surface area (TPSA) is 44.6 Å². The van der Waals surface area contributed by atoms with E-state index in [9.17, 15) is 9.90 Å². The van der Waals surface area contributed by atoms with E-state index in [2.05, 4.69) is 7.05 Å². The van der Waals surface area contributed by atoms with Crippen LogP contribution >= 0.6 is 0 Å². The first-order chi connectivity index (χ1) is 7.65. The van der Waals surface area contributed by atoms with Crippen LogP contribution in [0.2, 0.25) is 0 Å². The van der Waals surface area contributed by atoms with Gasteiger partial charge in [-0.1, -0.05) is 30.3 Å². The van der Waals surface area contributed by atoms with Crippen LogP contribution in [0.4, 0.5) is 0 Å². The number of carbonyl (C=O) groups is 1. The fourth-order valence-corrected chi connectivity index (χ4v) is 2.47. The van der Waals surface area contributed by atoms with Gasteiger partial charge in [-0.2, -0.15) is 0 Å². The summed E-state index contributed by atoms with van der Waals surface area (Å²) in [7, 11) is 2.10. The van der Waals surface area contributed by atoms with Crippen LogP contribution < -0.4 is 10.0 Å². The van der Waals surface area contributed by atoms with Gasteiger partial charge < -0.3 is 14.8 Å². The van der Waals surface area contributed by atoms with E-state index >= 15 is 0 Å². The van der Waals surface area contributed by atoms with Crippen LogP contribution in [0.5, 0.6) is 0 Å². The zero-order chi connectivity index (χ0) is 11.6. The molecule has 1 N–H and O–H groups in total. The number of hydrogen-bond donors (Lipinski definition) is 1. The van der Waals surface area contributed by atoms with Crippen molar-refractivity contribution in [2.45, 2.75) is 18.3 Å². The number of piperidine rings is 1. The van der Waals surface area contributed by atoms with Gasteiger partial charge in [0.2, 0.25) is 0 Å². The highest BCUT2D eigenvalue weighted by atomic mass is 16.4. The van der Waals surface area contributed by atoms with E-state index in [0.29, 0.717) is 12.8 Å². The number of aliphatic carboxylic acids is 1. The first kappa shape index (κ1) is 11.1. The summed E-state index contributed by atoms with van der Waals surface area (Å²) in [6, 6.07) is 9.50.